The van der Waals surface area contributed by atoms with Crippen molar-refractivity contribution in [3.8, 4) is 0 Å². The van der Waals surface area contributed by atoms with Crippen LogP contribution < -0.4 is 27.4 Å². The van der Waals surface area contributed by atoms with E-state index in [1.165, 1.54) is 0 Å². The second kappa shape index (κ2) is 11.5. The molecule has 0 aliphatic carbocycles. The number of rotatable bonds is 11. The van der Waals surface area contributed by atoms with E-state index in [4.69, 9.17) is 11.5 Å². The van der Waals surface area contributed by atoms with Gasteiger partial charge in [0.05, 0.1) is 6.54 Å². The van der Waals surface area contributed by atoms with Crippen LogP contribution in [0.25, 0.3) is 0 Å². The molecule has 148 valence electrons. The first-order valence-corrected chi connectivity index (χ1v) is 8.43. The summed E-state index contributed by atoms with van der Waals surface area (Å²) in [6.07, 6.45) is 0.580. The number of nitrogens with two attached hydrogens (primary N) is 2. The lowest BCUT2D eigenvalue weighted by Gasteiger charge is -2.21. The van der Waals surface area contributed by atoms with Crippen LogP contribution in [-0.4, -0.2) is 54.1 Å². The molecular weight excluding hydrogens is 354 g/mol. The van der Waals surface area contributed by atoms with E-state index in [2.05, 4.69) is 16.0 Å². The van der Waals surface area contributed by atoms with Crippen molar-refractivity contribution in [3.05, 3.63) is 35.9 Å². The summed E-state index contributed by atoms with van der Waals surface area (Å²) in [4.78, 5) is 46.2. The zero-order valence-electron chi connectivity index (χ0n) is 14.8. The highest BCUT2D eigenvalue weighted by molar-refractivity contribution is 5.91. The lowest BCUT2D eigenvalue weighted by atomic mass is 10.0. The molecule has 0 aliphatic rings. The molecule has 27 heavy (non-hydrogen) atoms. The van der Waals surface area contributed by atoms with Crippen molar-refractivity contribution in [1.29, 1.82) is 0 Å². The number of amides is 4. The highest BCUT2D eigenvalue weighted by atomic mass is 16.4. The average Bonchev–Trinajstić information content (AvgIpc) is 2.63. The van der Waals surface area contributed by atoms with Crippen LogP contribution in [0.4, 0.5) is 4.79 Å². The predicted molar refractivity (Wildman–Crippen MR) is 97.5 cm³/mol. The fourth-order valence-corrected chi connectivity index (χ4v) is 2.36. The minimum Gasteiger partial charge on any atom is -0.480 e. The minimum atomic E-state index is -1.22. The van der Waals surface area contributed by atoms with Gasteiger partial charge in [0.15, 0.2) is 0 Å². The predicted octanol–water partition coefficient (Wildman–Crippen LogP) is -1.31. The van der Waals surface area contributed by atoms with E-state index in [-0.39, 0.29) is 25.9 Å². The number of carbonyl (C=O) groups excluding carboxylic acids is 3. The maximum atomic E-state index is 12.5. The van der Waals surface area contributed by atoms with Crippen molar-refractivity contribution in [2.45, 2.75) is 31.3 Å². The first-order chi connectivity index (χ1) is 12.8. The van der Waals surface area contributed by atoms with Crippen molar-refractivity contribution in [1.82, 2.24) is 16.0 Å². The molecule has 4 amide bonds. The number of aliphatic carboxylic acids is 1. The van der Waals surface area contributed by atoms with E-state index < -0.39 is 35.9 Å². The first-order valence-electron chi connectivity index (χ1n) is 8.43. The number of benzene rings is 1. The van der Waals surface area contributed by atoms with Crippen molar-refractivity contribution >= 4 is 23.8 Å². The van der Waals surface area contributed by atoms with E-state index in [0.29, 0.717) is 6.42 Å². The molecule has 2 atom stereocenters. The standard InChI is InChI=1S/C17H25N5O5/c18-10-14(23)21-13(9-11-5-2-1-3-6-11)15(24)22-12(16(25)26)7-4-8-20-17(19)27/h1-3,5-6,12-13H,4,7-10,18H2,(H,21,23)(H,22,24)(H,25,26)(H3,19,20,27)/t12-,13-/m0/s1. The second-order valence-corrected chi connectivity index (χ2v) is 5.85. The average molecular weight is 379 g/mol. The Morgan fingerprint density at radius 3 is 2.26 bits per heavy atom. The lowest BCUT2D eigenvalue weighted by Crippen LogP contribution is -2.53. The van der Waals surface area contributed by atoms with Crippen molar-refractivity contribution < 1.29 is 24.3 Å². The molecule has 1 rings (SSSR count). The molecule has 10 nitrogen and oxygen atoms in total. The van der Waals surface area contributed by atoms with E-state index in [0.717, 1.165) is 5.56 Å². The number of carboxylic acids is 1. The van der Waals surface area contributed by atoms with Crippen LogP contribution in [-0.2, 0) is 20.8 Å². The number of hydrogen-bond donors (Lipinski definition) is 6. The fraction of sp³-hybridized carbons (Fsp3) is 0.412. The third-order valence-electron chi connectivity index (χ3n) is 3.70. The Kier molecular flexibility index (Phi) is 9.30. The second-order valence-electron chi connectivity index (χ2n) is 5.85. The topological polar surface area (TPSA) is 177 Å². The van der Waals surface area contributed by atoms with Gasteiger partial charge < -0.3 is 32.5 Å². The molecule has 0 saturated carbocycles. The van der Waals surface area contributed by atoms with Crippen LogP contribution in [0.1, 0.15) is 18.4 Å². The Morgan fingerprint density at radius 2 is 1.70 bits per heavy atom. The van der Waals surface area contributed by atoms with Gasteiger partial charge in [-0.15, -0.1) is 0 Å². The van der Waals surface area contributed by atoms with Crippen LogP contribution in [0.2, 0.25) is 0 Å². The molecule has 10 heteroatoms. The van der Waals surface area contributed by atoms with Crippen LogP contribution in [0.5, 0.6) is 0 Å². The SMILES string of the molecule is NCC(=O)N[C@@H](Cc1ccccc1)C(=O)N[C@@H](CCCNC(N)=O)C(=O)O. The third-order valence-corrected chi connectivity index (χ3v) is 3.70. The summed E-state index contributed by atoms with van der Waals surface area (Å²) in [5.41, 5.74) is 11.0. The van der Waals surface area contributed by atoms with Gasteiger partial charge in [0.1, 0.15) is 12.1 Å². The lowest BCUT2D eigenvalue weighted by molar-refractivity contribution is -0.142. The monoisotopic (exact) mass is 379 g/mol. The number of nitrogens with one attached hydrogen (secondary N) is 3. The summed E-state index contributed by atoms with van der Waals surface area (Å²) in [5, 5.41) is 16.6. The van der Waals surface area contributed by atoms with Crippen molar-refractivity contribution in [2.75, 3.05) is 13.1 Å². The minimum absolute atomic E-state index is 0.0875. The van der Waals surface area contributed by atoms with Crippen molar-refractivity contribution in [2.24, 2.45) is 11.5 Å². The summed E-state index contributed by atoms with van der Waals surface area (Å²) in [6, 6.07) is 6.14. The van der Waals surface area contributed by atoms with Gasteiger partial charge in [-0.2, -0.15) is 0 Å². The number of carboxylic acid groups (broad SMARTS) is 1. The zero-order chi connectivity index (χ0) is 20.2. The maximum Gasteiger partial charge on any atom is 0.326 e. The van der Waals surface area contributed by atoms with Crippen molar-refractivity contribution in [3.63, 3.8) is 0 Å². The number of hydrogen-bond acceptors (Lipinski definition) is 5. The molecule has 0 fully saturated rings. The third kappa shape index (κ3) is 8.68. The number of carbonyl (C=O) groups is 4. The van der Waals surface area contributed by atoms with Crippen LogP contribution in [0.15, 0.2) is 30.3 Å². The van der Waals surface area contributed by atoms with E-state index >= 15 is 0 Å². The van der Waals surface area contributed by atoms with Crippen LogP contribution in [0, 0.1) is 0 Å². The molecule has 0 spiro atoms. The highest BCUT2D eigenvalue weighted by Gasteiger charge is 2.26. The molecule has 8 N–H and O–H groups in total. The fourth-order valence-electron chi connectivity index (χ4n) is 2.36. The van der Waals surface area contributed by atoms with E-state index in [9.17, 15) is 24.3 Å². The van der Waals surface area contributed by atoms with E-state index in [1.807, 2.05) is 6.07 Å². The van der Waals surface area contributed by atoms with Gasteiger partial charge >= 0.3 is 12.0 Å². The molecular formula is C17H25N5O5. The maximum absolute atomic E-state index is 12.5. The molecule has 0 heterocycles. The number of urea groups is 1. The normalized spacial score (nSPS) is 12.5. The molecule has 1 aromatic rings. The summed E-state index contributed by atoms with van der Waals surface area (Å²) in [6.45, 7) is -0.105. The van der Waals surface area contributed by atoms with Gasteiger partial charge in [0.25, 0.3) is 0 Å². The van der Waals surface area contributed by atoms with Crippen LogP contribution in [0.3, 0.4) is 0 Å². The zero-order valence-corrected chi connectivity index (χ0v) is 14.8. The van der Waals surface area contributed by atoms with Gasteiger partial charge in [-0.3, -0.25) is 9.59 Å². The van der Waals surface area contributed by atoms with Gasteiger partial charge in [-0.1, -0.05) is 30.3 Å². The summed E-state index contributed by atoms with van der Waals surface area (Å²) >= 11 is 0. The molecule has 0 bridgehead atoms. The Hall–Kier alpha value is -3.14. The molecule has 0 saturated heterocycles. The van der Waals surface area contributed by atoms with Gasteiger partial charge in [-0.25, -0.2) is 9.59 Å². The molecule has 0 unspecified atom stereocenters. The number of primary amides is 1. The van der Waals surface area contributed by atoms with Gasteiger partial charge in [-0.05, 0) is 18.4 Å². The summed E-state index contributed by atoms with van der Waals surface area (Å²) in [7, 11) is 0. The summed E-state index contributed by atoms with van der Waals surface area (Å²) in [5.74, 6) is -2.37. The molecule has 0 aliphatic heterocycles. The molecule has 1 aromatic carbocycles. The summed E-state index contributed by atoms with van der Waals surface area (Å²) < 4.78 is 0. The largest absolute Gasteiger partial charge is 0.480 e. The van der Waals surface area contributed by atoms with Gasteiger partial charge in [0, 0.05) is 13.0 Å². The Morgan fingerprint density at radius 1 is 1.04 bits per heavy atom. The first kappa shape index (κ1) is 21.9. The van der Waals surface area contributed by atoms with Crippen LogP contribution >= 0.6 is 0 Å². The highest BCUT2D eigenvalue weighted by Crippen LogP contribution is 2.05. The Bertz CT molecular complexity index is 652. The quantitative estimate of drug-likeness (QED) is 0.260. The smallest absolute Gasteiger partial charge is 0.326 e. The van der Waals surface area contributed by atoms with E-state index in [1.54, 1.807) is 24.3 Å². The Balaban J connectivity index is 2.74. The Labute approximate surface area is 156 Å². The molecule has 0 aromatic heterocycles. The van der Waals surface area contributed by atoms with Gasteiger partial charge in [0.2, 0.25) is 11.8 Å². The molecule has 0 radical (unpaired) electrons.